The van der Waals surface area contributed by atoms with E-state index >= 15 is 0 Å². The van der Waals surface area contributed by atoms with Gasteiger partial charge in [0.25, 0.3) is 0 Å². The largest absolute Gasteiger partial charge is 0.312 e. The fourth-order valence-corrected chi connectivity index (χ4v) is 3.97. The number of piperazine rings is 1. The van der Waals surface area contributed by atoms with Crippen molar-refractivity contribution in [3.63, 3.8) is 0 Å². The summed E-state index contributed by atoms with van der Waals surface area (Å²) in [7, 11) is 2.23. The number of hydrogen-bond acceptors (Lipinski definition) is 3. The second kappa shape index (κ2) is 5.25. The maximum Gasteiger partial charge on any atom is 0.0110 e. The van der Waals surface area contributed by atoms with E-state index in [1.807, 2.05) is 0 Å². The average Bonchev–Trinajstić information content (AvgIpc) is 2.94. The van der Waals surface area contributed by atoms with E-state index < -0.39 is 0 Å². The minimum Gasteiger partial charge on any atom is -0.312 e. The molecule has 3 unspecified atom stereocenters. The number of hydrogen-bond donors (Lipinski definition) is 1. The number of fused-ring (bicyclic) bond motifs is 2. The van der Waals surface area contributed by atoms with Crippen LogP contribution in [0.2, 0.25) is 0 Å². The summed E-state index contributed by atoms with van der Waals surface area (Å²) in [5.74, 6) is 2.09. The highest BCUT2D eigenvalue weighted by Crippen LogP contribution is 2.44. The Hall–Kier alpha value is -0.120. The zero-order valence-corrected chi connectivity index (χ0v) is 11.2. The highest BCUT2D eigenvalue weighted by atomic mass is 15.2. The van der Waals surface area contributed by atoms with Crippen LogP contribution in [0.3, 0.4) is 0 Å². The molecule has 1 N–H and O–H groups in total. The van der Waals surface area contributed by atoms with Crippen molar-refractivity contribution in [3.05, 3.63) is 0 Å². The van der Waals surface area contributed by atoms with Crippen molar-refractivity contribution in [3.8, 4) is 0 Å². The molecule has 3 aliphatic rings. The summed E-state index contributed by atoms with van der Waals surface area (Å²) < 4.78 is 0. The van der Waals surface area contributed by atoms with Crippen LogP contribution in [-0.2, 0) is 0 Å². The average molecular weight is 237 g/mol. The van der Waals surface area contributed by atoms with Crippen LogP contribution in [0, 0.1) is 11.8 Å². The Labute approximate surface area is 106 Å². The minimum atomic E-state index is 0.862. The molecule has 2 saturated carbocycles. The van der Waals surface area contributed by atoms with Crippen molar-refractivity contribution in [2.75, 3.05) is 46.3 Å². The SMILES string of the molecule is CN1CCN(CCNC2CC3CCC2C3)CC1. The quantitative estimate of drug-likeness (QED) is 0.787. The molecule has 98 valence electrons. The Morgan fingerprint density at radius 3 is 2.53 bits per heavy atom. The Kier molecular flexibility index (Phi) is 3.69. The van der Waals surface area contributed by atoms with Gasteiger partial charge in [0.15, 0.2) is 0 Å². The van der Waals surface area contributed by atoms with Crippen LogP contribution in [0.1, 0.15) is 25.7 Å². The molecule has 1 heterocycles. The Bertz CT molecular complexity index is 248. The zero-order valence-electron chi connectivity index (χ0n) is 11.2. The number of rotatable bonds is 4. The molecule has 0 aromatic heterocycles. The molecule has 1 saturated heterocycles. The normalized spacial score (nSPS) is 39.0. The van der Waals surface area contributed by atoms with E-state index in [2.05, 4.69) is 22.2 Å². The lowest BCUT2D eigenvalue weighted by Crippen LogP contribution is -2.47. The highest BCUT2D eigenvalue weighted by molar-refractivity contribution is 4.94. The van der Waals surface area contributed by atoms with Gasteiger partial charge in [-0.1, -0.05) is 6.42 Å². The van der Waals surface area contributed by atoms with Crippen LogP contribution in [0.4, 0.5) is 0 Å². The monoisotopic (exact) mass is 237 g/mol. The van der Waals surface area contributed by atoms with Crippen molar-refractivity contribution >= 4 is 0 Å². The molecule has 0 spiro atoms. The first kappa shape index (κ1) is 11.9. The first-order valence-electron chi connectivity index (χ1n) is 7.45. The molecule has 3 nitrogen and oxygen atoms in total. The van der Waals surface area contributed by atoms with Gasteiger partial charge in [0.1, 0.15) is 0 Å². The van der Waals surface area contributed by atoms with Gasteiger partial charge >= 0.3 is 0 Å². The van der Waals surface area contributed by atoms with Crippen LogP contribution in [0.5, 0.6) is 0 Å². The predicted octanol–water partition coefficient (Wildman–Crippen LogP) is 1.01. The third-order valence-corrected chi connectivity index (χ3v) is 5.17. The maximum absolute atomic E-state index is 3.82. The molecule has 0 radical (unpaired) electrons. The topological polar surface area (TPSA) is 18.5 Å². The van der Waals surface area contributed by atoms with Gasteiger partial charge < -0.3 is 10.2 Å². The van der Waals surface area contributed by atoms with Crippen LogP contribution in [-0.4, -0.2) is 62.2 Å². The summed E-state index contributed by atoms with van der Waals surface area (Å²) in [6.07, 6.45) is 6.00. The first-order chi connectivity index (χ1) is 8.31. The van der Waals surface area contributed by atoms with E-state index in [0.717, 1.165) is 17.9 Å². The lowest BCUT2D eigenvalue weighted by Gasteiger charge is -2.33. The molecular weight excluding hydrogens is 210 g/mol. The molecule has 3 heteroatoms. The Morgan fingerprint density at radius 2 is 1.88 bits per heavy atom. The summed E-state index contributed by atoms with van der Waals surface area (Å²) in [4.78, 5) is 5.04. The van der Waals surface area contributed by atoms with Crippen LogP contribution in [0.15, 0.2) is 0 Å². The molecule has 3 atom stereocenters. The van der Waals surface area contributed by atoms with Gasteiger partial charge in [-0.3, -0.25) is 4.90 Å². The summed E-state index contributed by atoms with van der Waals surface area (Å²) >= 11 is 0. The van der Waals surface area contributed by atoms with Gasteiger partial charge in [0.05, 0.1) is 0 Å². The predicted molar refractivity (Wildman–Crippen MR) is 71.2 cm³/mol. The minimum absolute atomic E-state index is 0.862. The molecule has 1 aliphatic heterocycles. The van der Waals surface area contributed by atoms with E-state index in [1.54, 1.807) is 0 Å². The fraction of sp³-hybridized carbons (Fsp3) is 1.00. The summed E-state index contributed by atoms with van der Waals surface area (Å²) in [5.41, 5.74) is 0. The van der Waals surface area contributed by atoms with Crippen LogP contribution in [0.25, 0.3) is 0 Å². The van der Waals surface area contributed by atoms with Gasteiger partial charge in [-0.15, -0.1) is 0 Å². The molecule has 3 fully saturated rings. The molecule has 3 rings (SSSR count). The van der Waals surface area contributed by atoms with Crippen LogP contribution >= 0.6 is 0 Å². The summed E-state index contributed by atoms with van der Waals surface area (Å²) in [6, 6.07) is 0.862. The van der Waals surface area contributed by atoms with Crippen molar-refractivity contribution in [2.24, 2.45) is 11.8 Å². The first-order valence-corrected chi connectivity index (χ1v) is 7.45. The number of nitrogens with zero attached hydrogens (tertiary/aromatic N) is 2. The summed E-state index contributed by atoms with van der Waals surface area (Å²) in [5, 5.41) is 3.82. The number of likely N-dealkylation sites (N-methyl/N-ethyl adjacent to an activating group) is 1. The fourth-order valence-electron chi connectivity index (χ4n) is 3.97. The molecule has 2 aliphatic carbocycles. The van der Waals surface area contributed by atoms with Gasteiger partial charge in [-0.05, 0) is 38.1 Å². The highest BCUT2D eigenvalue weighted by Gasteiger charge is 2.38. The lowest BCUT2D eigenvalue weighted by atomic mass is 9.95. The molecule has 2 bridgehead atoms. The third kappa shape index (κ3) is 2.83. The van der Waals surface area contributed by atoms with Crippen molar-refractivity contribution in [2.45, 2.75) is 31.7 Å². The molecule has 0 amide bonds. The second-order valence-corrected chi connectivity index (χ2v) is 6.38. The van der Waals surface area contributed by atoms with Crippen molar-refractivity contribution in [1.82, 2.24) is 15.1 Å². The standard InChI is InChI=1S/C14H27N3/c1-16-6-8-17(9-7-16)5-4-15-14-11-12-2-3-13(14)10-12/h12-15H,2-11H2,1H3. The van der Waals surface area contributed by atoms with Gasteiger partial charge in [0.2, 0.25) is 0 Å². The van der Waals surface area contributed by atoms with E-state index in [1.165, 1.54) is 65.0 Å². The third-order valence-electron chi connectivity index (χ3n) is 5.17. The van der Waals surface area contributed by atoms with E-state index in [-0.39, 0.29) is 0 Å². The lowest BCUT2D eigenvalue weighted by molar-refractivity contribution is 0.152. The van der Waals surface area contributed by atoms with Gasteiger partial charge in [0, 0.05) is 45.3 Å². The van der Waals surface area contributed by atoms with E-state index in [0.29, 0.717) is 0 Å². The number of nitrogens with one attached hydrogen (secondary N) is 1. The van der Waals surface area contributed by atoms with E-state index in [9.17, 15) is 0 Å². The van der Waals surface area contributed by atoms with Crippen molar-refractivity contribution < 1.29 is 0 Å². The second-order valence-electron chi connectivity index (χ2n) is 6.38. The Balaban J connectivity index is 1.33. The van der Waals surface area contributed by atoms with Crippen LogP contribution < -0.4 is 5.32 Å². The maximum atomic E-state index is 3.82. The molecule has 17 heavy (non-hydrogen) atoms. The smallest absolute Gasteiger partial charge is 0.0110 e. The Morgan fingerprint density at radius 1 is 1.06 bits per heavy atom. The molecule has 0 aromatic rings. The van der Waals surface area contributed by atoms with E-state index in [4.69, 9.17) is 0 Å². The zero-order chi connectivity index (χ0) is 11.7. The van der Waals surface area contributed by atoms with Gasteiger partial charge in [-0.25, -0.2) is 0 Å². The molecular formula is C14H27N3. The van der Waals surface area contributed by atoms with Crippen molar-refractivity contribution in [1.29, 1.82) is 0 Å². The van der Waals surface area contributed by atoms with Gasteiger partial charge in [-0.2, -0.15) is 0 Å². The molecule has 0 aromatic carbocycles. The summed E-state index contributed by atoms with van der Waals surface area (Å²) in [6.45, 7) is 7.46.